The van der Waals surface area contributed by atoms with Crippen LogP contribution >= 0.6 is 34.5 Å². The lowest BCUT2D eigenvalue weighted by Crippen LogP contribution is -2.21. The summed E-state index contributed by atoms with van der Waals surface area (Å²) in [5.41, 5.74) is 1.00. The Hall–Kier alpha value is -0.540. The Morgan fingerprint density at radius 1 is 1.17 bits per heavy atom. The molecule has 0 atom stereocenters. The van der Waals surface area contributed by atoms with Crippen molar-refractivity contribution in [2.24, 2.45) is 0 Å². The van der Waals surface area contributed by atoms with Crippen molar-refractivity contribution in [3.63, 3.8) is 0 Å². The molecule has 0 aliphatic carbocycles. The van der Waals surface area contributed by atoms with E-state index in [-0.39, 0.29) is 0 Å². The third kappa shape index (κ3) is 3.48. The third-order valence-corrected chi connectivity index (χ3v) is 4.22. The summed E-state index contributed by atoms with van der Waals surface area (Å²) >= 11 is 14.0. The molecular weight excluding hydrogens is 285 g/mol. The van der Waals surface area contributed by atoms with Gasteiger partial charge in [0.2, 0.25) is 0 Å². The van der Waals surface area contributed by atoms with Crippen molar-refractivity contribution in [1.82, 2.24) is 5.32 Å². The molecule has 0 fully saturated rings. The largest absolute Gasteiger partial charge is 0.310 e. The van der Waals surface area contributed by atoms with E-state index >= 15 is 0 Å². The minimum Gasteiger partial charge on any atom is -0.310 e. The Morgan fingerprint density at radius 2 is 1.94 bits per heavy atom. The van der Waals surface area contributed by atoms with Crippen molar-refractivity contribution in [1.29, 1.82) is 0 Å². The molecular formula is C14H15Cl2NS. The summed E-state index contributed by atoms with van der Waals surface area (Å²) in [6.07, 6.45) is 0. The molecule has 0 amide bonds. The highest BCUT2D eigenvalue weighted by Crippen LogP contribution is 2.35. The monoisotopic (exact) mass is 299 g/mol. The van der Waals surface area contributed by atoms with Gasteiger partial charge in [0, 0.05) is 37.9 Å². The SMILES string of the molecule is CC(C)NCc1ccc(-c2cc(Cl)ccc2Cl)s1. The molecule has 1 aromatic carbocycles. The van der Waals surface area contributed by atoms with Gasteiger partial charge < -0.3 is 5.32 Å². The number of hydrogen-bond donors (Lipinski definition) is 1. The van der Waals surface area contributed by atoms with Gasteiger partial charge in [-0.25, -0.2) is 0 Å². The van der Waals surface area contributed by atoms with E-state index in [1.165, 1.54) is 4.88 Å². The van der Waals surface area contributed by atoms with Gasteiger partial charge in [0.05, 0.1) is 0 Å². The lowest BCUT2D eigenvalue weighted by atomic mass is 10.2. The smallest absolute Gasteiger partial charge is 0.0493 e. The highest BCUT2D eigenvalue weighted by Gasteiger charge is 2.08. The van der Waals surface area contributed by atoms with Crippen molar-refractivity contribution in [3.8, 4) is 10.4 Å². The van der Waals surface area contributed by atoms with Gasteiger partial charge in [-0.1, -0.05) is 37.0 Å². The second kappa shape index (κ2) is 6.07. The summed E-state index contributed by atoms with van der Waals surface area (Å²) in [6, 6.07) is 10.3. The van der Waals surface area contributed by atoms with Crippen LogP contribution in [0.25, 0.3) is 10.4 Å². The molecule has 0 saturated carbocycles. The van der Waals surface area contributed by atoms with Crippen LogP contribution < -0.4 is 5.32 Å². The van der Waals surface area contributed by atoms with Crippen molar-refractivity contribution < 1.29 is 0 Å². The van der Waals surface area contributed by atoms with E-state index in [2.05, 4.69) is 31.3 Å². The van der Waals surface area contributed by atoms with E-state index in [1.54, 1.807) is 11.3 Å². The van der Waals surface area contributed by atoms with E-state index in [0.29, 0.717) is 11.1 Å². The van der Waals surface area contributed by atoms with Crippen LogP contribution in [0.1, 0.15) is 18.7 Å². The van der Waals surface area contributed by atoms with Crippen molar-refractivity contribution in [2.45, 2.75) is 26.4 Å². The summed E-state index contributed by atoms with van der Waals surface area (Å²) in [7, 11) is 0. The van der Waals surface area contributed by atoms with E-state index in [1.807, 2.05) is 18.2 Å². The molecule has 0 saturated heterocycles. The molecule has 1 nitrogen and oxygen atoms in total. The van der Waals surface area contributed by atoms with Gasteiger partial charge in [-0.2, -0.15) is 0 Å². The topological polar surface area (TPSA) is 12.0 Å². The molecule has 0 spiro atoms. The first-order valence-electron chi connectivity index (χ1n) is 5.84. The van der Waals surface area contributed by atoms with E-state index in [9.17, 15) is 0 Å². The summed E-state index contributed by atoms with van der Waals surface area (Å²) in [4.78, 5) is 2.46. The van der Waals surface area contributed by atoms with Crippen molar-refractivity contribution in [3.05, 3.63) is 45.3 Å². The van der Waals surface area contributed by atoms with Gasteiger partial charge >= 0.3 is 0 Å². The minimum absolute atomic E-state index is 0.491. The van der Waals surface area contributed by atoms with Gasteiger partial charge in [-0.05, 0) is 30.3 Å². The fourth-order valence-corrected chi connectivity index (χ4v) is 3.05. The molecule has 96 valence electrons. The highest BCUT2D eigenvalue weighted by molar-refractivity contribution is 7.15. The van der Waals surface area contributed by atoms with Crippen molar-refractivity contribution >= 4 is 34.5 Å². The summed E-state index contributed by atoms with van der Waals surface area (Å²) in [6.45, 7) is 5.17. The second-order valence-corrected chi connectivity index (χ2v) is 6.44. The van der Waals surface area contributed by atoms with Crippen LogP contribution in [-0.4, -0.2) is 6.04 Å². The molecule has 2 rings (SSSR count). The Labute approximate surface area is 122 Å². The Morgan fingerprint density at radius 3 is 2.67 bits per heavy atom. The molecule has 1 heterocycles. The maximum absolute atomic E-state index is 6.20. The zero-order valence-corrected chi connectivity index (χ0v) is 12.7. The molecule has 18 heavy (non-hydrogen) atoms. The second-order valence-electron chi connectivity index (χ2n) is 4.43. The van der Waals surface area contributed by atoms with Crippen LogP contribution in [0.2, 0.25) is 10.0 Å². The third-order valence-electron chi connectivity index (χ3n) is 2.54. The molecule has 0 aliphatic heterocycles. The molecule has 4 heteroatoms. The average molecular weight is 300 g/mol. The van der Waals surface area contributed by atoms with Crippen LogP contribution in [0.15, 0.2) is 30.3 Å². The standard InChI is InChI=1S/C14H15Cl2NS/c1-9(2)17-8-11-4-6-14(18-11)12-7-10(15)3-5-13(12)16/h3-7,9,17H,8H2,1-2H3. The van der Waals surface area contributed by atoms with E-state index in [0.717, 1.165) is 22.0 Å². The summed E-state index contributed by atoms with van der Waals surface area (Å²) < 4.78 is 0. The number of benzene rings is 1. The Kier molecular flexibility index (Phi) is 4.68. The number of hydrogen-bond acceptors (Lipinski definition) is 2. The maximum Gasteiger partial charge on any atom is 0.0493 e. The zero-order valence-electron chi connectivity index (χ0n) is 10.3. The van der Waals surface area contributed by atoms with E-state index in [4.69, 9.17) is 23.2 Å². The summed E-state index contributed by atoms with van der Waals surface area (Å²) in [5.74, 6) is 0. The maximum atomic E-state index is 6.20. The normalized spacial score (nSPS) is 11.2. The molecule has 0 aliphatic rings. The lowest BCUT2D eigenvalue weighted by Gasteiger charge is -2.05. The summed E-state index contributed by atoms with van der Waals surface area (Å²) in [5, 5.41) is 4.86. The van der Waals surface area contributed by atoms with Gasteiger partial charge in [0.1, 0.15) is 0 Å². The molecule has 2 aromatic rings. The van der Waals surface area contributed by atoms with Crippen LogP contribution in [0, 0.1) is 0 Å². The first-order chi connectivity index (χ1) is 8.56. The molecule has 0 radical (unpaired) electrons. The first kappa shape index (κ1) is 13.9. The number of rotatable bonds is 4. The first-order valence-corrected chi connectivity index (χ1v) is 7.41. The fraction of sp³-hybridized carbons (Fsp3) is 0.286. The van der Waals surface area contributed by atoms with Crippen LogP contribution in [0.3, 0.4) is 0 Å². The minimum atomic E-state index is 0.491. The Bertz CT molecular complexity index is 534. The van der Waals surface area contributed by atoms with Crippen LogP contribution in [0.4, 0.5) is 0 Å². The van der Waals surface area contributed by atoms with Gasteiger partial charge in [-0.15, -0.1) is 11.3 Å². The average Bonchev–Trinajstić information content (AvgIpc) is 2.78. The van der Waals surface area contributed by atoms with E-state index < -0.39 is 0 Å². The molecule has 0 unspecified atom stereocenters. The number of nitrogens with one attached hydrogen (secondary N) is 1. The molecule has 1 aromatic heterocycles. The van der Waals surface area contributed by atoms with Crippen LogP contribution in [0.5, 0.6) is 0 Å². The Balaban J connectivity index is 2.21. The van der Waals surface area contributed by atoms with Crippen molar-refractivity contribution in [2.75, 3.05) is 0 Å². The van der Waals surface area contributed by atoms with Crippen LogP contribution in [-0.2, 0) is 6.54 Å². The van der Waals surface area contributed by atoms with Gasteiger partial charge in [0.15, 0.2) is 0 Å². The lowest BCUT2D eigenvalue weighted by molar-refractivity contribution is 0.593. The predicted octanol–water partition coefficient (Wildman–Crippen LogP) is 5.22. The number of halogens is 2. The zero-order chi connectivity index (χ0) is 13.1. The predicted molar refractivity (Wildman–Crippen MR) is 81.8 cm³/mol. The quantitative estimate of drug-likeness (QED) is 0.816. The highest BCUT2D eigenvalue weighted by atomic mass is 35.5. The van der Waals surface area contributed by atoms with Gasteiger partial charge in [-0.3, -0.25) is 0 Å². The molecule has 0 bridgehead atoms. The van der Waals surface area contributed by atoms with Gasteiger partial charge in [0.25, 0.3) is 0 Å². The number of thiophene rings is 1. The molecule has 1 N–H and O–H groups in total. The fourth-order valence-electron chi connectivity index (χ4n) is 1.61.